The van der Waals surface area contributed by atoms with Gasteiger partial charge in [0, 0.05) is 25.6 Å². The van der Waals surface area contributed by atoms with Crippen LogP contribution in [-0.2, 0) is 16.1 Å². The van der Waals surface area contributed by atoms with Gasteiger partial charge in [-0.3, -0.25) is 4.79 Å². The van der Waals surface area contributed by atoms with Gasteiger partial charge in [0.1, 0.15) is 0 Å². The Hall–Kier alpha value is -1.88. The summed E-state index contributed by atoms with van der Waals surface area (Å²) in [6.45, 7) is 2.71. The summed E-state index contributed by atoms with van der Waals surface area (Å²) >= 11 is 0. The molecule has 168 valence electrons. The molecule has 4 saturated carbocycles. The van der Waals surface area contributed by atoms with Crippen LogP contribution < -0.4 is 5.32 Å². The van der Waals surface area contributed by atoms with Crippen molar-refractivity contribution in [3.63, 3.8) is 0 Å². The van der Waals surface area contributed by atoms with Crippen molar-refractivity contribution in [3.05, 3.63) is 35.4 Å². The number of carbonyl (C=O) groups excluding carboxylic acids is 2. The second-order valence-corrected chi connectivity index (χ2v) is 10.5. The Balaban J connectivity index is 1.10. The average Bonchev–Trinajstić information content (AvgIpc) is 3.12. The average molecular weight is 425 g/mol. The van der Waals surface area contributed by atoms with Gasteiger partial charge in [0.15, 0.2) is 0 Å². The topological polar surface area (TPSA) is 58.6 Å². The van der Waals surface area contributed by atoms with Gasteiger partial charge in [0.2, 0.25) is 5.91 Å². The summed E-state index contributed by atoms with van der Waals surface area (Å²) in [4.78, 5) is 26.5. The summed E-state index contributed by atoms with van der Waals surface area (Å²) in [6, 6.07) is 7.96. The van der Waals surface area contributed by atoms with E-state index in [0.717, 1.165) is 74.0 Å². The van der Waals surface area contributed by atoms with E-state index < -0.39 is 0 Å². The highest BCUT2D eigenvalue weighted by Gasteiger charge is 2.49. The first kappa shape index (κ1) is 21.0. The highest BCUT2D eigenvalue weighted by Crippen LogP contribution is 2.56. The molecule has 1 aromatic carbocycles. The highest BCUT2D eigenvalue weighted by atomic mass is 16.5. The summed E-state index contributed by atoms with van der Waals surface area (Å²) in [7, 11) is 1.40. The van der Waals surface area contributed by atoms with E-state index in [1.807, 2.05) is 24.3 Å². The van der Waals surface area contributed by atoms with Crippen LogP contribution in [0.25, 0.3) is 0 Å². The van der Waals surface area contributed by atoms with Crippen molar-refractivity contribution >= 4 is 11.9 Å². The number of carbonyl (C=O) groups is 2. The Morgan fingerprint density at radius 1 is 1.06 bits per heavy atom. The number of amides is 1. The molecule has 31 heavy (non-hydrogen) atoms. The maximum Gasteiger partial charge on any atom is 0.337 e. The van der Waals surface area contributed by atoms with Crippen LogP contribution in [0.2, 0.25) is 0 Å². The van der Waals surface area contributed by atoms with Crippen LogP contribution in [0.3, 0.4) is 0 Å². The van der Waals surface area contributed by atoms with Gasteiger partial charge in [-0.25, -0.2) is 4.79 Å². The molecule has 1 amide bonds. The molecule has 4 aliphatic carbocycles. The van der Waals surface area contributed by atoms with Gasteiger partial charge in [-0.15, -0.1) is 0 Å². The molecular formula is C26H36N2O3. The Bertz CT molecular complexity index is 777. The monoisotopic (exact) mass is 424 g/mol. The van der Waals surface area contributed by atoms with Crippen molar-refractivity contribution in [2.45, 2.75) is 64.0 Å². The number of esters is 1. The number of hydrogen-bond acceptors (Lipinski definition) is 4. The first-order valence-electron chi connectivity index (χ1n) is 12.3. The Morgan fingerprint density at radius 2 is 1.74 bits per heavy atom. The zero-order valence-corrected chi connectivity index (χ0v) is 18.7. The van der Waals surface area contributed by atoms with Crippen LogP contribution >= 0.6 is 0 Å². The fraction of sp³-hybridized carbons (Fsp3) is 0.692. The molecule has 4 bridgehead atoms. The lowest BCUT2D eigenvalue weighted by atomic mass is 9.52. The molecule has 0 spiro atoms. The third kappa shape index (κ3) is 4.39. The molecule has 5 nitrogen and oxygen atoms in total. The Morgan fingerprint density at radius 3 is 2.39 bits per heavy atom. The lowest BCUT2D eigenvalue weighted by molar-refractivity contribution is -0.132. The van der Waals surface area contributed by atoms with Crippen molar-refractivity contribution in [2.75, 3.05) is 20.2 Å². The van der Waals surface area contributed by atoms with Crippen molar-refractivity contribution in [1.29, 1.82) is 0 Å². The Labute approximate surface area is 185 Å². The molecule has 1 saturated heterocycles. The number of methoxy groups -OCH3 is 1. The second kappa shape index (κ2) is 8.93. The van der Waals surface area contributed by atoms with Crippen LogP contribution in [0.15, 0.2) is 24.3 Å². The highest BCUT2D eigenvalue weighted by molar-refractivity contribution is 5.89. The fourth-order valence-electron chi connectivity index (χ4n) is 7.29. The third-order valence-electron chi connectivity index (χ3n) is 8.64. The van der Waals surface area contributed by atoms with Gasteiger partial charge in [-0.05, 0) is 98.8 Å². The summed E-state index contributed by atoms with van der Waals surface area (Å²) in [6.07, 6.45) is 9.98. The zero-order chi connectivity index (χ0) is 21.4. The number of rotatable bonds is 8. The quantitative estimate of drug-likeness (QED) is 0.506. The lowest BCUT2D eigenvalue weighted by Gasteiger charge is -2.55. The molecule has 1 aliphatic heterocycles. The van der Waals surface area contributed by atoms with Crippen molar-refractivity contribution in [3.8, 4) is 0 Å². The zero-order valence-electron chi connectivity index (χ0n) is 18.7. The van der Waals surface area contributed by atoms with Gasteiger partial charge >= 0.3 is 5.97 Å². The van der Waals surface area contributed by atoms with Gasteiger partial charge < -0.3 is 15.0 Å². The van der Waals surface area contributed by atoms with Crippen LogP contribution in [0, 0.1) is 29.6 Å². The minimum atomic E-state index is -0.301. The number of likely N-dealkylation sites (tertiary alicyclic amines) is 1. The SMILES string of the molecule is COC(=O)c1ccc(CNCCC2CCC(=O)N2CC2C3CC4CC(C3)CC2C4)cc1. The van der Waals surface area contributed by atoms with Crippen LogP contribution in [0.1, 0.15) is 67.3 Å². The van der Waals surface area contributed by atoms with Crippen molar-refractivity contribution < 1.29 is 14.3 Å². The summed E-state index contributed by atoms with van der Waals surface area (Å²) in [5, 5.41) is 3.53. The first-order chi connectivity index (χ1) is 15.1. The van der Waals surface area contributed by atoms with E-state index in [2.05, 4.69) is 10.2 Å². The predicted molar refractivity (Wildman–Crippen MR) is 119 cm³/mol. The smallest absolute Gasteiger partial charge is 0.337 e. The summed E-state index contributed by atoms with van der Waals surface area (Å²) in [5.74, 6) is 4.61. The number of hydrogen-bond donors (Lipinski definition) is 1. The molecule has 0 radical (unpaired) electrons. The largest absolute Gasteiger partial charge is 0.465 e. The van der Waals surface area contributed by atoms with Gasteiger partial charge in [0.25, 0.3) is 0 Å². The maximum atomic E-state index is 12.7. The normalized spacial score (nSPS) is 33.8. The molecule has 6 rings (SSSR count). The van der Waals surface area contributed by atoms with Crippen LogP contribution in [0.4, 0.5) is 0 Å². The molecule has 1 N–H and O–H groups in total. The minimum Gasteiger partial charge on any atom is -0.465 e. The van der Waals surface area contributed by atoms with E-state index in [-0.39, 0.29) is 5.97 Å². The molecule has 1 unspecified atom stereocenters. The fourth-order valence-corrected chi connectivity index (χ4v) is 7.29. The number of nitrogens with zero attached hydrogens (tertiary/aromatic N) is 1. The molecule has 1 aromatic rings. The standard InChI is InChI=1S/C26H36N2O3/c1-31-26(30)20-4-2-17(3-5-20)15-27-9-8-23-6-7-25(29)28(23)16-24-21-11-18-10-19(13-21)14-22(24)12-18/h2-5,18-19,21-24,27H,6-16H2,1H3. The van der Waals surface area contributed by atoms with E-state index in [4.69, 9.17) is 4.74 Å². The van der Waals surface area contributed by atoms with Crippen molar-refractivity contribution in [1.82, 2.24) is 10.2 Å². The minimum absolute atomic E-state index is 0.301. The molecular weight excluding hydrogens is 388 g/mol. The van der Waals surface area contributed by atoms with Crippen LogP contribution in [0.5, 0.6) is 0 Å². The molecule has 5 aliphatic rings. The van der Waals surface area contributed by atoms with E-state index in [1.165, 1.54) is 39.2 Å². The molecule has 5 heteroatoms. The first-order valence-corrected chi connectivity index (χ1v) is 12.3. The van der Waals surface area contributed by atoms with E-state index >= 15 is 0 Å². The summed E-state index contributed by atoms with van der Waals surface area (Å²) in [5.41, 5.74) is 1.73. The number of ether oxygens (including phenoxy) is 1. The van der Waals surface area contributed by atoms with Gasteiger partial charge in [-0.2, -0.15) is 0 Å². The molecule has 1 heterocycles. The van der Waals surface area contributed by atoms with Gasteiger partial charge in [-0.1, -0.05) is 12.1 Å². The third-order valence-corrected chi connectivity index (χ3v) is 8.64. The molecule has 0 aromatic heterocycles. The van der Waals surface area contributed by atoms with Crippen molar-refractivity contribution in [2.24, 2.45) is 29.6 Å². The molecule has 5 fully saturated rings. The summed E-state index contributed by atoms with van der Waals surface area (Å²) < 4.78 is 4.75. The Kier molecular flexibility index (Phi) is 6.05. The number of benzene rings is 1. The van der Waals surface area contributed by atoms with E-state index in [1.54, 1.807) is 0 Å². The maximum absolute atomic E-state index is 12.7. The van der Waals surface area contributed by atoms with E-state index in [0.29, 0.717) is 17.5 Å². The van der Waals surface area contributed by atoms with Gasteiger partial charge in [0.05, 0.1) is 12.7 Å². The van der Waals surface area contributed by atoms with Crippen LogP contribution in [-0.4, -0.2) is 43.0 Å². The number of nitrogens with one attached hydrogen (secondary N) is 1. The second-order valence-electron chi connectivity index (χ2n) is 10.5. The lowest BCUT2D eigenvalue weighted by Crippen LogP contribution is -2.50. The predicted octanol–water partition coefficient (Wildman–Crippen LogP) is 4.02. The van der Waals surface area contributed by atoms with E-state index in [9.17, 15) is 9.59 Å². The molecule has 1 atom stereocenters.